The quantitative estimate of drug-likeness (QED) is 0.266. The Morgan fingerprint density at radius 2 is 1.80 bits per heavy atom. The number of aromatic carboxylic acids is 1. The Kier molecular flexibility index (Phi) is 8.26. The Hall–Kier alpha value is -2.40. The van der Waals surface area contributed by atoms with Crippen LogP contribution in [-0.4, -0.2) is 39.1 Å². The predicted octanol–water partition coefficient (Wildman–Crippen LogP) is 4.42. The van der Waals surface area contributed by atoms with Crippen LogP contribution in [0.25, 0.3) is 0 Å². The number of carbonyl (C=O) groups excluding carboxylic acids is 1. The number of carboxylic acids is 1. The topological polar surface area (TPSA) is 105 Å². The minimum atomic E-state index is -1.06. The highest BCUT2D eigenvalue weighted by molar-refractivity contribution is 8.03. The number of hydrogen-bond donors (Lipinski definition) is 2. The van der Waals surface area contributed by atoms with Crippen molar-refractivity contribution in [2.45, 2.75) is 14.4 Å². The summed E-state index contributed by atoms with van der Waals surface area (Å²) in [5.41, 5.74) is 3.92. The van der Waals surface area contributed by atoms with E-state index < -0.39 is 5.97 Å². The molecule has 0 saturated carbocycles. The van der Waals surface area contributed by atoms with Crippen LogP contribution in [0.2, 0.25) is 5.02 Å². The maximum atomic E-state index is 12.0. The molecule has 0 aliphatic carbocycles. The maximum absolute atomic E-state index is 12.0. The van der Waals surface area contributed by atoms with Crippen LogP contribution >= 0.6 is 46.5 Å². The number of thioether (sulfide) groups is 2. The second kappa shape index (κ2) is 11.1. The zero-order chi connectivity index (χ0) is 21.3. The number of aromatic nitrogens is 2. The number of carbonyl (C=O) groups is 2. The molecule has 0 radical (unpaired) electrons. The van der Waals surface area contributed by atoms with Crippen molar-refractivity contribution in [1.29, 1.82) is 0 Å². The van der Waals surface area contributed by atoms with Crippen LogP contribution in [0.1, 0.15) is 21.5 Å². The third-order valence-corrected chi connectivity index (χ3v) is 7.22. The molecule has 30 heavy (non-hydrogen) atoms. The molecule has 3 aromatic rings. The van der Waals surface area contributed by atoms with Crippen LogP contribution in [0.4, 0.5) is 0 Å². The van der Waals surface area contributed by atoms with Gasteiger partial charge in [0, 0.05) is 16.3 Å². The third kappa shape index (κ3) is 6.56. The fraction of sp³-hybridized carbons (Fsp3) is 0.105. The first-order chi connectivity index (χ1) is 14.5. The summed E-state index contributed by atoms with van der Waals surface area (Å²) in [4.78, 5) is 23.1. The summed E-state index contributed by atoms with van der Waals surface area (Å²) in [6, 6.07) is 14.0. The smallest absolute Gasteiger partial charge is 0.336 e. The number of carboxylic acid groups (broad SMARTS) is 1. The number of nitrogens with one attached hydrogen (secondary N) is 1. The summed E-state index contributed by atoms with van der Waals surface area (Å²) in [6.07, 6.45) is 1.31. The first kappa shape index (κ1) is 22.3. The zero-order valence-corrected chi connectivity index (χ0v) is 18.5. The average Bonchev–Trinajstić information content (AvgIpc) is 3.20. The fourth-order valence-corrected chi connectivity index (χ4v) is 5.30. The highest BCUT2D eigenvalue weighted by atomic mass is 35.5. The van der Waals surface area contributed by atoms with E-state index in [4.69, 9.17) is 16.7 Å². The van der Waals surface area contributed by atoms with E-state index in [1.54, 1.807) is 18.2 Å². The molecule has 0 fully saturated rings. The van der Waals surface area contributed by atoms with Crippen molar-refractivity contribution >= 4 is 64.6 Å². The fourth-order valence-electron chi connectivity index (χ4n) is 2.21. The summed E-state index contributed by atoms with van der Waals surface area (Å²) in [5, 5.41) is 21.9. The van der Waals surface area contributed by atoms with Crippen LogP contribution in [0, 0.1) is 0 Å². The van der Waals surface area contributed by atoms with Gasteiger partial charge in [-0.1, -0.05) is 82.9 Å². The SMILES string of the molecule is O=C(CSc1nnc(SCc2ccccc2Cl)s1)N/N=C\c1ccccc1C(=O)O. The van der Waals surface area contributed by atoms with E-state index in [1.807, 2.05) is 24.3 Å². The molecular weight excluding hydrogens is 464 g/mol. The molecule has 1 heterocycles. The molecule has 3 rings (SSSR count). The Balaban J connectivity index is 1.45. The molecule has 2 aromatic carbocycles. The third-order valence-electron chi connectivity index (χ3n) is 3.61. The number of amides is 1. The van der Waals surface area contributed by atoms with Crippen LogP contribution in [0.3, 0.4) is 0 Å². The number of rotatable bonds is 9. The van der Waals surface area contributed by atoms with E-state index in [9.17, 15) is 9.59 Å². The highest BCUT2D eigenvalue weighted by Crippen LogP contribution is 2.32. The van der Waals surface area contributed by atoms with Gasteiger partial charge in [0.05, 0.1) is 17.5 Å². The van der Waals surface area contributed by atoms with E-state index >= 15 is 0 Å². The van der Waals surface area contributed by atoms with Gasteiger partial charge >= 0.3 is 5.97 Å². The summed E-state index contributed by atoms with van der Waals surface area (Å²) in [6.45, 7) is 0. The summed E-state index contributed by atoms with van der Waals surface area (Å²) < 4.78 is 1.47. The van der Waals surface area contributed by atoms with Crippen LogP contribution < -0.4 is 5.43 Å². The molecule has 1 aromatic heterocycles. The monoisotopic (exact) mass is 478 g/mol. The number of nitrogens with zero attached hydrogens (tertiary/aromatic N) is 3. The van der Waals surface area contributed by atoms with Gasteiger partial charge in [0.2, 0.25) is 0 Å². The Bertz CT molecular complexity index is 1070. The van der Waals surface area contributed by atoms with E-state index in [0.29, 0.717) is 20.7 Å². The summed E-state index contributed by atoms with van der Waals surface area (Å²) >= 11 is 10.3. The minimum Gasteiger partial charge on any atom is -0.478 e. The van der Waals surface area contributed by atoms with E-state index in [-0.39, 0.29) is 17.2 Å². The number of hydrogen-bond acceptors (Lipinski definition) is 8. The zero-order valence-electron chi connectivity index (χ0n) is 15.3. The molecule has 0 atom stereocenters. The van der Waals surface area contributed by atoms with Gasteiger partial charge in [-0.05, 0) is 17.7 Å². The highest BCUT2D eigenvalue weighted by Gasteiger charge is 2.10. The van der Waals surface area contributed by atoms with E-state index in [2.05, 4.69) is 20.7 Å². The molecular formula is C19H15ClN4O3S3. The predicted molar refractivity (Wildman–Crippen MR) is 121 cm³/mol. The second-order valence-electron chi connectivity index (χ2n) is 5.69. The van der Waals surface area contributed by atoms with Gasteiger partial charge < -0.3 is 5.11 Å². The lowest BCUT2D eigenvalue weighted by molar-refractivity contribution is -0.118. The Labute approximate surface area is 190 Å². The van der Waals surface area contributed by atoms with Crippen LogP contribution in [0.5, 0.6) is 0 Å². The van der Waals surface area contributed by atoms with Crippen molar-refractivity contribution in [2.75, 3.05) is 5.75 Å². The van der Waals surface area contributed by atoms with Crippen molar-refractivity contribution in [3.05, 3.63) is 70.2 Å². The Morgan fingerprint density at radius 1 is 1.10 bits per heavy atom. The van der Waals surface area contributed by atoms with Crippen molar-refractivity contribution in [3.8, 4) is 0 Å². The molecule has 0 bridgehead atoms. The maximum Gasteiger partial charge on any atom is 0.336 e. The van der Waals surface area contributed by atoms with Gasteiger partial charge in [0.1, 0.15) is 0 Å². The Morgan fingerprint density at radius 3 is 2.57 bits per heavy atom. The van der Waals surface area contributed by atoms with Crippen LogP contribution in [0.15, 0.2) is 62.3 Å². The largest absolute Gasteiger partial charge is 0.478 e. The molecule has 154 valence electrons. The van der Waals surface area contributed by atoms with Gasteiger partial charge in [-0.3, -0.25) is 4.79 Å². The van der Waals surface area contributed by atoms with Crippen molar-refractivity contribution in [2.24, 2.45) is 5.10 Å². The van der Waals surface area contributed by atoms with Gasteiger partial charge in [-0.15, -0.1) is 10.2 Å². The molecule has 1 amide bonds. The minimum absolute atomic E-state index is 0.112. The molecule has 0 aliphatic rings. The van der Waals surface area contributed by atoms with E-state index in [0.717, 1.165) is 9.90 Å². The molecule has 0 saturated heterocycles. The first-order valence-corrected chi connectivity index (χ1v) is 11.7. The molecule has 7 nitrogen and oxygen atoms in total. The summed E-state index contributed by atoms with van der Waals surface area (Å²) in [7, 11) is 0. The van der Waals surface area contributed by atoms with Crippen LogP contribution in [-0.2, 0) is 10.5 Å². The molecule has 11 heteroatoms. The number of hydrazone groups is 1. The molecule has 0 spiro atoms. The normalized spacial score (nSPS) is 11.0. The second-order valence-corrected chi connectivity index (χ2v) is 9.52. The molecule has 0 unspecified atom stereocenters. The van der Waals surface area contributed by atoms with Crippen molar-refractivity contribution < 1.29 is 14.7 Å². The lowest BCUT2D eigenvalue weighted by Crippen LogP contribution is -2.19. The van der Waals surface area contributed by atoms with Gasteiger partial charge in [-0.2, -0.15) is 5.10 Å². The lowest BCUT2D eigenvalue weighted by atomic mass is 10.1. The van der Waals surface area contributed by atoms with Crippen molar-refractivity contribution in [1.82, 2.24) is 15.6 Å². The first-order valence-electron chi connectivity index (χ1n) is 8.49. The van der Waals surface area contributed by atoms with Gasteiger partial charge in [0.25, 0.3) is 5.91 Å². The van der Waals surface area contributed by atoms with Gasteiger partial charge in [0.15, 0.2) is 8.68 Å². The molecule has 2 N–H and O–H groups in total. The molecule has 0 aliphatic heterocycles. The number of benzene rings is 2. The van der Waals surface area contributed by atoms with Crippen molar-refractivity contribution in [3.63, 3.8) is 0 Å². The average molecular weight is 479 g/mol. The lowest BCUT2D eigenvalue weighted by Gasteiger charge is -2.01. The number of halogens is 1. The summed E-state index contributed by atoms with van der Waals surface area (Å²) in [5.74, 6) is -0.587. The standard InChI is InChI=1S/C19H15ClN4O3S3/c20-15-8-4-2-6-13(15)10-28-18-23-24-19(30-18)29-11-16(25)22-21-9-12-5-1-3-7-14(12)17(26)27/h1-9H,10-11H2,(H,22,25)(H,26,27)/b21-9-. The van der Waals surface area contributed by atoms with E-state index in [1.165, 1.54) is 47.1 Å². The van der Waals surface area contributed by atoms with Gasteiger partial charge in [-0.25, -0.2) is 10.2 Å².